The van der Waals surface area contributed by atoms with Crippen molar-refractivity contribution in [1.29, 1.82) is 0 Å². The molecule has 0 saturated carbocycles. The largest absolute Gasteiger partial charge is 0.491 e. The van der Waals surface area contributed by atoms with Crippen LogP contribution in [0, 0.1) is 0 Å². The Morgan fingerprint density at radius 3 is 2.42 bits per heavy atom. The number of hydrogen-bond donors (Lipinski definition) is 2. The number of ether oxygens (including phenoxy) is 1. The van der Waals surface area contributed by atoms with Gasteiger partial charge in [0.1, 0.15) is 5.75 Å². The molecule has 0 aliphatic heterocycles. The first-order valence-corrected chi connectivity index (χ1v) is 7.62. The first-order chi connectivity index (χ1) is 8.93. The lowest BCUT2D eigenvalue weighted by Gasteiger charge is -2.12. The van der Waals surface area contributed by atoms with E-state index < -0.39 is 0 Å². The van der Waals surface area contributed by atoms with Gasteiger partial charge in [0.15, 0.2) is 0 Å². The number of nitrogens with one attached hydrogen (secondary N) is 1. The van der Waals surface area contributed by atoms with E-state index in [9.17, 15) is 4.79 Å². The molecular formula is C13H18Br2N2O2. The summed E-state index contributed by atoms with van der Waals surface area (Å²) in [7, 11) is 0. The molecule has 0 aliphatic carbocycles. The highest BCUT2D eigenvalue weighted by molar-refractivity contribution is 9.11. The van der Waals surface area contributed by atoms with Crippen molar-refractivity contribution in [3.05, 3.63) is 26.6 Å². The molecular weight excluding hydrogens is 376 g/mol. The van der Waals surface area contributed by atoms with E-state index in [2.05, 4.69) is 37.2 Å². The van der Waals surface area contributed by atoms with E-state index in [1.165, 1.54) is 0 Å². The second-order valence-corrected chi connectivity index (χ2v) is 6.12. The maximum Gasteiger partial charge on any atom is 0.223 e. The Morgan fingerprint density at radius 1 is 1.37 bits per heavy atom. The van der Waals surface area contributed by atoms with Crippen LogP contribution in [-0.4, -0.2) is 18.6 Å². The third-order valence-corrected chi connectivity index (χ3v) is 3.50. The van der Waals surface area contributed by atoms with Gasteiger partial charge in [0, 0.05) is 12.6 Å². The third-order valence-electron chi connectivity index (χ3n) is 2.32. The number of halogens is 2. The number of nitrogens with two attached hydrogens (primary N) is 1. The molecule has 1 aromatic carbocycles. The van der Waals surface area contributed by atoms with E-state index in [1.54, 1.807) is 0 Å². The highest BCUT2D eigenvalue weighted by Crippen LogP contribution is 2.34. The van der Waals surface area contributed by atoms with Crippen LogP contribution >= 0.6 is 31.9 Å². The average Bonchev–Trinajstić information content (AvgIpc) is 2.31. The molecule has 0 unspecified atom stereocenters. The minimum absolute atomic E-state index is 0.0131. The molecule has 0 saturated heterocycles. The predicted octanol–water partition coefficient (Wildman–Crippen LogP) is 2.96. The Bertz CT molecular complexity index is 427. The van der Waals surface area contributed by atoms with Gasteiger partial charge in [0.05, 0.1) is 22.0 Å². The molecule has 1 amide bonds. The Kier molecular flexibility index (Phi) is 6.82. The Labute approximate surface area is 130 Å². The first kappa shape index (κ1) is 16.5. The van der Waals surface area contributed by atoms with E-state index in [4.69, 9.17) is 10.5 Å². The Hall–Kier alpha value is -0.590. The van der Waals surface area contributed by atoms with Gasteiger partial charge in [-0.3, -0.25) is 4.79 Å². The van der Waals surface area contributed by atoms with Gasteiger partial charge in [0.2, 0.25) is 5.91 Å². The molecule has 0 bridgehead atoms. The summed E-state index contributed by atoms with van der Waals surface area (Å²) in [6.07, 6.45) is 0.329. The topological polar surface area (TPSA) is 64.3 Å². The summed E-state index contributed by atoms with van der Waals surface area (Å²) in [6, 6.07) is 3.97. The van der Waals surface area contributed by atoms with Crippen LogP contribution in [0.15, 0.2) is 21.1 Å². The van der Waals surface area contributed by atoms with Crippen LogP contribution < -0.4 is 15.8 Å². The van der Waals surface area contributed by atoms with Crippen molar-refractivity contribution in [1.82, 2.24) is 5.32 Å². The van der Waals surface area contributed by atoms with Crippen LogP contribution in [0.2, 0.25) is 0 Å². The van der Waals surface area contributed by atoms with Gasteiger partial charge < -0.3 is 15.8 Å². The molecule has 3 N–H and O–H groups in total. The SMILES string of the molecule is CC(C)NC(=O)CCOc1c(Br)cc(CN)cc1Br. The summed E-state index contributed by atoms with van der Waals surface area (Å²) >= 11 is 6.87. The fourth-order valence-corrected chi connectivity index (χ4v) is 3.02. The van der Waals surface area contributed by atoms with E-state index in [0.717, 1.165) is 14.5 Å². The predicted molar refractivity (Wildman–Crippen MR) is 83.1 cm³/mol. The first-order valence-electron chi connectivity index (χ1n) is 6.04. The second-order valence-electron chi connectivity index (χ2n) is 4.41. The number of amides is 1. The van der Waals surface area contributed by atoms with Gasteiger partial charge in [-0.1, -0.05) is 0 Å². The maximum absolute atomic E-state index is 11.5. The zero-order chi connectivity index (χ0) is 14.4. The smallest absolute Gasteiger partial charge is 0.223 e. The molecule has 0 fully saturated rings. The Balaban J connectivity index is 2.56. The van der Waals surface area contributed by atoms with Gasteiger partial charge in [-0.15, -0.1) is 0 Å². The van der Waals surface area contributed by atoms with E-state index >= 15 is 0 Å². The van der Waals surface area contributed by atoms with Gasteiger partial charge in [-0.2, -0.15) is 0 Å². The maximum atomic E-state index is 11.5. The van der Waals surface area contributed by atoms with Crippen LogP contribution in [0.3, 0.4) is 0 Å². The van der Waals surface area contributed by atoms with E-state index in [1.807, 2.05) is 26.0 Å². The second kappa shape index (κ2) is 7.87. The summed E-state index contributed by atoms with van der Waals surface area (Å²) in [6.45, 7) is 4.65. The van der Waals surface area contributed by atoms with Crippen LogP contribution in [0.1, 0.15) is 25.8 Å². The summed E-state index contributed by atoms with van der Waals surface area (Å²) in [5.74, 6) is 0.676. The van der Waals surface area contributed by atoms with Crippen molar-refractivity contribution >= 4 is 37.8 Å². The number of benzene rings is 1. The van der Waals surface area contributed by atoms with Gasteiger partial charge in [-0.25, -0.2) is 0 Å². The van der Waals surface area contributed by atoms with Crippen molar-refractivity contribution in [2.24, 2.45) is 5.73 Å². The third kappa shape index (κ3) is 5.50. The fraction of sp³-hybridized carbons (Fsp3) is 0.462. The molecule has 4 nitrogen and oxygen atoms in total. The standard InChI is InChI=1S/C13H18Br2N2O2/c1-8(2)17-12(18)3-4-19-13-10(14)5-9(7-16)6-11(13)15/h5-6,8H,3-4,7,16H2,1-2H3,(H,17,18). The zero-order valence-electron chi connectivity index (χ0n) is 11.0. The number of carbonyl (C=O) groups excluding carboxylic acids is 1. The van der Waals surface area contributed by atoms with Crippen LogP contribution in [-0.2, 0) is 11.3 Å². The van der Waals surface area contributed by atoms with Gasteiger partial charge >= 0.3 is 0 Å². The Morgan fingerprint density at radius 2 is 1.95 bits per heavy atom. The molecule has 0 aliphatic rings. The molecule has 0 heterocycles. The lowest BCUT2D eigenvalue weighted by Crippen LogP contribution is -2.31. The molecule has 0 aromatic heterocycles. The molecule has 0 spiro atoms. The highest BCUT2D eigenvalue weighted by Gasteiger charge is 2.10. The fourth-order valence-electron chi connectivity index (χ4n) is 1.51. The molecule has 1 rings (SSSR count). The van der Waals surface area contributed by atoms with Crippen molar-refractivity contribution in [2.75, 3.05) is 6.61 Å². The molecule has 0 radical (unpaired) electrons. The molecule has 19 heavy (non-hydrogen) atoms. The summed E-state index contributed by atoms with van der Waals surface area (Å²) in [4.78, 5) is 11.5. The minimum Gasteiger partial charge on any atom is -0.491 e. The monoisotopic (exact) mass is 392 g/mol. The van der Waals surface area contributed by atoms with Crippen molar-refractivity contribution in [2.45, 2.75) is 32.9 Å². The highest BCUT2D eigenvalue weighted by atomic mass is 79.9. The van der Waals surface area contributed by atoms with E-state index in [0.29, 0.717) is 25.3 Å². The lowest BCUT2D eigenvalue weighted by atomic mass is 10.2. The van der Waals surface area contributed by atoms with Crippen molar-refractivity contribution in [3.63, 3.8) is 0 Å². The molecule has 106 valence electrons. The summed E-state index contributed by atoms with van der Waals surface area (Å²) in [5, 5.41) is 2.82. The molecule has 0 atom stereocenters. The lowest BCUT2D eigenvalue weighted by molar-refractivity contribution is -0.122. The zero-order valence-corrected chi connectivity index (χ0v) is 14.2. The summed E-state index contributed by atoms with van der Waals surface area (Å²) < 4.78 is 7.27. The molecule has 1 aromatic rings. The van der Waals surface area contributed by atoms with Crippen molar-refractivity contribution in [3.8, 4) is 5.75 Å². The van der Waals surface area contributed by atoms with Gasteiger partial charge in [-0.05, 0) is 63.4 Å². The average molecular weight is 394 g/mol. The number of rotatable bonds is 6. The number of hydrogen-bond acceptors (Lipinski definition) is 3. The summed E-state index contributed by atoms with van der Waals surface area (Å²) in [5.41, 5.74) is 6.59. The van der Waals surface area contributed by atoms with E-state index in [-0.39, 0.29) is 11.9 Å². The van der Waals surface area contributed by atoms with Crippen LogP contribution in [0.25, 0.3) is 0 Å². The van der Waals surface area contributed by atoms with Crippen LogP contribution in [0.4, 0.5) is 0 Å². The van der Waals surface area contributed by atoms with Gasteiger partial charge in [0.25, 0.3) is 0 Å². The minimum atomic E-state index is -0.0131. The normalized spacial score (nSPS) is 10.6. The molecule has 6 heteroatoms. The van der Waals surface area contributed by atoms with Crippen molar-refractivity contribution < 1.29 is 9.53 Å². The van der Waals surface area contributed by atoms with Crippen LogP contribution in [0.5, 0.6) is 5.75 Å². The quantitative estimate of drug-likeness (QED) is 0.780. The number of carbonyl (C=O) groups is 1.